The molecule has 0 heterocycles. The maximum Gasteiger partial charge on any atom is 0.125 e. The van der Waals surface area contributed by atoms with Gasteiger partial charge in [-0.1, -0.05) is 0 Å². The number of aryl methyl sites for hydroxylation is 1. The van der Waals surface area contributed by atoms with Gasteiger partial charge in [0.2, 0.25) is 0 Å². The van der Waals surface area contributed by atoms with Crippen LogP contribution in [0.5, 0.6) is 11.5 Å². The van der Waals surface area contributed by atoms with E-state index >= 15 is 0 Å². The Hall–Kier alpha value is -0.890. The third kappa shape index (κ3) is 2.62. The number of hydrogen-bond donors (Lipinski definition) is 0. The predicted molar refractivity (Wildman–Crippen MR) is 68.1 cm³/mol. The fourth-order valence-corrected chi connectivity index (χ4v) is 2.00. The summed E-state index contributed by atoms with van der Waals surface area (Å²) < 4.78 is 10.8. The average molecular weight is 243 g/mol. The fourth-order valence-electron chi connectivity index (χ4n) is 1.87. The highest BCUT2D eigenvalue weighted by molar-refractivity contribution is 6.17. The fraction of sp³-hybridized carbons (Fsp3) is 0.538. The number of rotatable bonds is 5. The molecule has 0 amide bonds. The van der Waals surface area contributed by atoms with Crippen molar-refractivity contribution in [3.8, 4) is 11.5 Å². The van der Waals surface area contributed by atoms with Crippen molar-refractivity contribution in [2.45, 2.75) is 26.7 Å². The quantitative estimate of drug-likeness (QED) is 0.736. The molecule has 1 aromatic rings. The smallest absolute Gasteiger partial charge is 0.125 e. The van der Waals surface area contributed by atoms with Crippen LogP contribution in [0, 0.1) is 13.8 Å². The van der Waals surface area contributed by atoms with Gasteiger partial charge >= 0.3 is 0 Å². The summed E-state index contributed by atoms with van der Waals surface area (Å²) in [6.45, 7) is 4.10. The van der Waals surface area contributed by atoms with E-state index in [-0.39, 0.29) is 0 Å². The number of methoxy groups -OCH3 is 2. The van der Waals surface area contributed by atoms with Crippen LogP contribution in [0.2, 0.25) is 0 Å². The maximum atomic E-state index is 5.72. The molecule has 16 heavy (non-hydrogen) atoms. The Morgan fingerprint density at radius 3 is 2.31 bits per heavy atom. The van der Waals surface area contributed by atoms with Gasteiger partial charge in [0, 0.05) is 5.88 Å². The van der Waals surface area contributed by atoms with Crippen LogP contribution in [0.15, 0.2) is 6.07 Å². The number of ether oxygens (including phenoxy) is 2. The van der Waals surface area contributed by atoms with Crippen molar-refractivity contribution in [3.63, 3.8) is 0 Å². The Bertz CT molecular complexity index is 361. The molecule has 0 aliphatic heterocycles. The van der Waals surface area contributed by atoms with E-state index in [4.69, 9.17) is 21.1 Å². The minimum Gasteiger partial charge on any atom is -0.496 e. The van der Waals surface area contributed by atoms with E-state index in [9.17, 15) is 0 Å². The van der Waals surface area contributed by atoms with Gasteiger partial charge in [0.1, 0.15) is 11.5 Å². The minimum atomic E-state index is 0.665. The van der Waals surface area contributed by atoms with Crippen molar-refractivity contribution < 1.29 is 9.47 Å². The number of alkyl halides is 1. The van der Waals surface area contributed by atoms with Gasteiger partial charge in [-0.25, -0.2) is 0 Å². The zero-order valence-corrected chi connectivity index (χ0v) is 11.1. The SMILES string of the molecule is COc1cc(CCCCl)c(OC)c(C)c1C. The maximum absolute atomic E-state index is 5.72. The van der Waals surface area contributed by atoms with E-state index in [0.717, 1.165) is 35.5 Å². The van der Waals surface area contributed by atoms with E-state index in [1.807, 2.05) is 13.0 Å². The van der Waals surface area contributed by atoms with Gasteiger partial charge in [-0.2, -0.15) is 0 Å². The lowest BCUT2D eigenvalue weighted by atomic mass is 10.00. The summed E-state index contributed by atoms with van der Waals surface area (Å²) in [5.74, 6) is 2.55. The Morgan fingerprint density at radius 2 is 1.81 bits per heavy atom. The first-order valence-electron chi connectivity index (χ1n) is 5.42. The third-order valence-corrected chi connectivity index (χ3v) is 3.14. The zero-order valence-electron chi connectivity index (χ0n) is 10.4. The number of benzene rings is 1. The summed E-state index contributed by atoms with van der Waals surface area (Å²) in [7, 11) is 3.40. The van der Waals surface area contributed by atoms with Gasteiger partial charge in [-0.15, -0.1) is 11.6 Å². The molecule has 90 valence electrons. The molecular weight excluding hydrogens is 224 g/mol. The third-order valence-electron chi connectivity index (χ3n) is 2.87. The van der Waals surface area contributed by atoms with Gasteiger partial charge in [0.05, 0.1) is 14.2 Å². The first-order chi connectivity index (χ1) is 7.65. The van der Waals surface area contributed by atoms with Crippen molar-refractivity contribution in [1.82, 2.24) is 0 Å². The first-order valence-corrected chi connectivity index (χ1v) is 5.96. The molecule has 3 heteroatoms. The summed E-state index contributed by atoms with van der Waals surface area (Å²) in [6.07, 6.45) is 1.87. The highest BCUT2D eigenvalue weighted by atomic mass is 35.5. The largest absolute Gasteiger partial charge is 0.496 e. The zero-order chi connectivity index (χ0) is 12.1. The van der Waals surface area contributed by atoms with Crippen LogP contribution in [-0.4, -0.2) is 20.1 Å². The summed E-state index contributed by atoms with van der Waals surface area (Å²) >= 11 is 5.72. The van der Waals surface area contributed by atoms with Crippen LogP contribution < -0.4 is 9.47 Å². The molecule has 0 aliphatic rings. The van der Waals surface area contributed by atoms with Crippen LogP contribution in [0.4, 0.5) is 0 Å². The van der Waals surface area contributed by atoms with Gasteiger partial charge in [-0.05, 0) is 49.4 Å². The van der Waals surface area contributed by atoms with Crippen molar-refractivity contribution in [1.29, 1.82) is 0 Å². The van der Waals surface area contributed by atoms with E-state index in [1.54, 1.807) is 14.2 Å². The minimum absolute atomic E-state index is 0.665. The van der Waals surface area contributed by atoms with E-state index in [2.05, 4.69) is 6.92 Å². The van der Waals surface area contributed by atoms with Gasteiger partial charge in [-0.3, -0.25) is 0 Å². The van der Waals surface area contributed by atoms with Gasteiger partial charge in [0.15, 0.2) is 0 Å². The molecule has 0 aromatic heterocycles. The Balaban J connectivity index is 3.18. The highest BCUT2D eigenvalue weighted by Gasteiger charge is 2.13. The van der Waals surface area contributed by atoms with Gasteiger partial charge in [0.25, 0.3) is 0 Å². The van der Waals surface area contributed by atoms with Crippen LogP contribution >= 0.6 is 11.6 Å². The number of halogens is 1. The molecule has 0 N–H and O–H groups in total. The number of hydrogen-bond acceptors (Lipinski definition) is 2. The summed E-state index contributed by atoms with van der Waals surface area (Å²) in [5, 5.41) is 0. The van der Waals surface area contributed by atoms with Crippen molar-refractivity contribution in [3.05, 3.63) is 22.8 Å². The first kappa shape index (κ1) is 13.2. The second-order valence-electron chi connectivity index (χ2n) is 3.81. The standard InChI is InChI=1S/C13H19ClO2/c1-9-10(2)13(16-4)11(6-5-7-14)8-12(9)15-3/h8H,5-7H2,1-4H3. The molecular formula is C13H19ClO2. The monoisotopic (exact) mass is 242 g/mol. The molecule has 0 bridgehead atoms. The molecule has 0 atom stereocenters. The summed E-state index contributed by atoms with van der Waals surface area (Å²) in [6, 6.07) is 2.05. The molecule has 0 aliphatic carbocycles. The molecule has 0 unspecified atom stereocenters. The second kappa shape index (κ2) is 6.00. The van der Waals surface area contributed by atoms with Gasteiger partial charge < -0.3 is 9.47 Å². The molecule has 0 saturated heterocycles. The summed E-state index contributed by atoms with van der Waals surface area (Å²) in [4.78, 5) is 0. The van der Waals surface area contributed by atoms with Crippen LogP contribution in [0.25, 0.3) is 0 Å². The van der Waals surface area contributed by atoms with Crippen LogP contribution in [0.3, 0.4) is 0 Å². The van der Waals surface area contributed by atoms with Crippen LogP contribution in [0.1, 0.15) is 23.1 Å². The Labute approximate surface area is 103 Å². The lowest BCUT2D eigenvalue weighted by Gasteiger charge is -2.16. The molecule has 1 aromatic carbocycles. The lowest BCUT2D eigenvalue weighted by Crippen LogP contribution is -2.00. The Kier molecular flexibility index (Phi) is 4.94. The molecule has 0 fully saturated rings. The topological polar surface area (TPSA) is 18.5 Å². The van der Waals surface area contributed by atoms with Crippen molar-refractivity contribution in [2.75, 3.05) is 20.1 Å². The van der Waals surface area contributed by atoms with E-state index < -0.39 is 0 Å². The van der Waals surface area contributed by atoms with E-state index in [0.29, 0.717) is 5.88 Å². The molecule has 0 saturated carbocycles. The molecule has 0 spiro atoms. The molecule has 0 radical (unpaired) electrons. The summed E-state index contributed by atoms with van der Waals surface area (Å²) in [5.41, 5.74) is 3.45. The van der Waals surface area contributed by atoms with Crippen molar-refractivity contribution >= 4 is 11.6 Å². The highest BCUT2D eigenvalue weighted by Crippen LogP contribution is 2.33. The normalized spacial score (nSPS) is 10.3. The molecule has 1 rings (SSSR count). The van der Waals surface area contributed by atoms with Crippen molar-refractivity contribution in [2.24, 2.45) is 0 Å². The Morgan fingerprint density at radius 1 is 1.12 bits per heavy atom. The lowest BCUT2D eigenvalue weighted by molar-refractivity contribution is 0.393. The van der Waals surface area contributed by atoms with E-state index in [1.165, 1.54) is 5.56 Å². The van der Waals surface area contributed by atoms with Crippen LogP contribution in [-0.2, 0) is 6.42 Å². The molecule has 2 nitrogen and oxygen atoms in total. The average Bonchev–Trinajstić information content (AvgIpc) is 2.30. The second-order valence-corrected chi connectivity index (χ2v) is 4.19. The predicted octanol–water partition coefficient (Wildman–Crippen LogP) is 3.49.